The Labute approximate surface area is 104 Å². The van der Waals surface area contributed by atoms with Gasteiger partial charge < -0.3 is 10.1 Å². The van der Waals surface area contributed by atoms with Gasteiger partial charge in [0.2, 0.25) is 0 Å². The number of likely N-dealkylation sites (N-methyl/N-ethyl adjacent to an activating group) is 1. The molecule has 2 atom stereocenters. The smallest absolute Gasteiger partial charge is 0.0860 e. The Morgan fingerprint density at radius 2 is 2.18 bits per heavy atom. The summed E-state index contributed by atoms with van der Waals surface area (Å²) in [6.45, 7) is 10.1. The highest BCUT2D eigenvalue weighted by atomic mass is 16.5. The zero-order valence-electron chi connectivity index (χ0n) is 11.7. The molecule has 1 aromatic heterocycles. The monoisotopic (exact) mass is 239 g/mol. The van der Waals surface area contributed by atoms with E-state index in [1.165, 1.54) is 5.69 Å². The summed E-state index contributed by atoms with van der Waals surface area (Å²) in [7, 11) is 1.97. The standard InChI is InChI=1S/C13H25N3O/c1-6-13(4,17-8-3)12(14-7-2)11-9-10-15-16(11)5/h9-10,12,14H,6-8H2,1-5H3. The Morgan fingerprint density at radius 1 is 1.47 bits per heavy atom. The van der Waals surface area contributed by atoms with Gasteiger partial charge in [-0.1, -0.05) is 13.8 Å². The lowest BCUT2D eigenvalue weighted by atomic mass is 9.90. The van der Waals surface area contributed by atoms with Crippen molar-refractivity contribution in [3.63, 3.8) is 0 Å². The van der Waals surface area contributed by atoms with Gasteiger partial charge in [-0.2, -0.15) is 5.10 Å². The van der Waals surface area contributed by atoms with E-state index >= 15 is 0 Å². The summed E-state index contributed by atoms with van der Waals surface area (Å²) in [5, 5.41) is 7.77. The van der Waals surface area contributed by atoms with Gasteiger partial charge in [0.25, 0.3) is 0 Å². The van der Waals surface area contributed by atoms with E-state index in [4.69, 9.17) is 4.74 Å². The van der Waals surface area contributed by atoms with Gasteiger partial charge in [0.15, 0.2) is 0 Å². The fourth-order valence-corrected chi connectivity index (χ4v) is 2.22. The molecule has 0 saturated carbocycles. The zero-order chi connectivity index (χ0) is 12.9. The molecule has 4 heteroatoms. The molecule has 0 bridgehead atoms. The Morgan fingerprint density at radius 3 is 2.59 bits per heavy atom. The number of nitrogens with zero attached hydrogens (tertiary/aromatic N) is 2. The highest BCUT2D eigenvalue weighted by Gasteiger charge is 2.35. The van der Waals surface area contributed by atoms with Crippen LogP contribution in [0.5, 0.6) is 0 Å². The first-order valence-electron chi connectivity index (χ1n) is 6.44. The predicted molar refractivity (Wildman–Crippen MR) is 69.9 cm³/mol. The molecule has 98 valence electrons. The molecule has 17 heavy (non-hydrogen) atoms. The molecule has 0 saturated heterocycles. The molecule has 1 N–H and O–H groups in total. The molecule has 0 radical (unpaired) electrons. The summed E-state index contributed by atoms with van der Waals surface area (Å²) in [6.07, 6.45) is 2.80. The molecular weight excluding hydrogens is 214 g/mol. The molecule has 0 amide bonds. The number of nitrogens with one attached hydrogen (secondary N) is 1. The van der Waals surface area contributed by atoms with Crippen LogP contribution in [0.2, 0.25) is 0 Å². The lowest BCUT2D eigenvalue weighted by molar-refractivity contribution is -0.0577. The number of hydrogen-bond donors (Lipinski definition) is 1. The van der Waals surface area contributed by atoms with Crippen molar-refractivity contribution in [2.45, 2.75) is 45.8 Å². The van der Waals surface area contributed by atoms with Crippen molar-refractivity contribution in [3.05, 3.63) is 18.0 Å². The van der Waals surface area contributed by atoms with Crippen molar-refractivity contribution < 1.29 is 4.74 Å². The van der Waals surface area contributed by atoms with Crippen LogP contribution in [0.1, 0.15) is 45.9 Å². The molecule has 0 fully saturated rings. The van der Waals surface area contributed by atoms with Gasteiger partial charge in [-0.05, 0) is 32.9 Å². The first kappa shape index (κ1) is 14.2. The molecule has 0 spiro atoms. The number of ether oxygens (including phenoxy) is 1. The number of hydrogen-bond acceptors (Lipinski definition) is 3. The van der Waals surface area contributed by atoms with Crippen molar-refractivity contribution in [2.75, 3.05) is 13.2 Å². The van der Waals surface area contributed by atoms with E-state index in [9.17, 15) is 0 Å². The minimum absolute atomic E-state index is 0.171. The predicted octanol–water partition coefficient (Wildman–Crippen LogP) is 2.28. The molecule has 0 aliphatic heterocycles. The molecule has 0 aliphatic carbocycles. The van der Waals surface area contributed by atoms with Gasteiger partial charge in [0, 0.05) is 19.9 Å². The molecule has 0 aliphatic rings. The minimum atomic E-state index is -0.196. The van der Waals surface area contributed by atoms with Crippen LogP contribution >= 0.6 is 0 Å². The Balaban J connectivity index is 3.03. The van der Waals surface area contributed by atoms with Crippen LogP contribution in [0, 0.1) is 0 Å². The fraction of sp³-hybridized carbons (Fsp3) is 0.769. The second-order valence-corrected chi connectivity index (χ2v) is 4.47. The second-order valence-electron chi connectivity index (χ2n) is 4.47. The van der Waals surface area contributed by atoms with E-state index in [1.54, 1.807) is 0 Å². The summed E-state index contributed by atoms with van der Waals surface area (Å²) in [5.74, 6) is 0. The molecular formula is C13H25N3O. The topological polar surface area (TPSA) is 39.1 Å². The summed E-state index contributed by atoms with van der Waals surface area (Å²) < 4.78 is 7.89. The average Bonchev–Trinajstić information content (AvgIpc) is 2.72. The minimum Gasteiger partial charge on any atom is -0.374 e. The van der Waals surface area contributed by atoms with Crippen LogP contribution in [0.15, 0.2) is 12.3 Å². The third-order valence-corrected chi connectivity index (χ3v) is 3.35. The van der Waals surface area contributed by atoms with Crippen molar-refractivity contribution in [1.82, 2.24) is 15.1 Å². The van der Waals surface area contributed by atoms with Crippen molar-refractivity contribution in [2.24, 2.45) is 7.05 Å². The van der Waals surface area contributed by atoms with E-state index in [1.807, 2.05) is 24.9 Å². The van der Waals surface area contributed by atoms with E-state index in [0.717, 1.165) is 19.6 Å². The fourth-order valence-electron chi connectivity index (χ4n) is 2.22. The van der Waals surface area contributed by atoms with Gasteiger partial charge in [0.1, 0.15) is 0 Å². The maximum Gasteiger partial charge on any atom is 0.0860 e. The summed E-state index contributed by atoms with van der Waals surface area (Å²) in [4.78, 5) is 0. The summed E-state index contributed by atoms with van der Waals surface area (Å²) >= 11 is 0. The van der Waals surface area contributed by atoms with Gasteiger partial charge in [-0.3, -0.25) is 4.68 Å². The molecule has 1 heterocycles. The maximum atomic E-state index is 5.97. The SMILES string of the molecule is CCNC(c1ccnn1C)C(C)(CC)OCC. The molecule has 0 aromatic carbocycles. The Kier molecular flexibility index (Phi) is 5.15. The second kappa shape index (κ2) is 6.17. The lowest BCUT2D eigenvalue weighted by Crippen LogP contribution is -2.44. The van der Waals surface area contributed by atoms with Crippen LogP contribution in [-0.4, -0.2) is 28.5 Å². The van der Waals surface area contributed by atoms with Gasteiger partial charge in [-0.15, -0.1) is 0 Å². The van der Waals surface area contributed by atoms with E-state index in [2.05, 4.69) is 37.3 Å². The van der Waals surface area contributed by atoms with Gasteiger partial charge in [0.05, 0.1) is 17.3 Å². The highest BCUT2D eigenvalue weighted by Crippen LogP contribution is 2.31. The van der Waals surface area contributed by atoms with Crippen LogP contribution in [-0.2, 0) is 11.8 Å². The Bertz CT molecular complexity index is 337. The summed E-state index contributed by atoms with van der Waals surface area (Å²) in [5.41, 5.74) is 0.975. The first-order valence-corrected chi connectivity index (χ1v) is 6.44. The zero-order valence-corrected chi connectivity index (χ0v) is 11.7. The maximum absolute atomic E-state index is 5.97. The quantitative estimate of drug-likeness (QED) is 0.793. The molecule has 4 nitrogen and oxygen atoms in total. The van der Waals surface area contributed by atoms with Crippen molar-refractivity contribution >= 4 is 0 Å². The van der Waals surface area contributed by atoms with Gasteiger partial charge in [-0.25, -0.2) is 0 Å². The van der Waals surface area contributed by atoms with E-state index in [-0.39, 0.29) is 11.6 Å². The van der Waals surface area contributed by atoms with E-state index < -0.39 is 0 Å². The molecule has 2 unspecified atom stereocenters. The summed E-state index contributed by atoms with van der Waals surface area (Å²) in [6, 6.07) is 2.23. The van der Waals surface area contributed by atoms with Crippen LogP contribution in [0.4, 0.5) is 0 Å². The van der Waals surface area contributed by atoms with E-state index in [0.29, 0.717) is 0 Å². The van der Waals surface area contributed by atoms with Crippen LogP contribution < -0.4 is 5.32 Å². The number of aromatic nitrogens is 2. The number of rotatable bonds is 7. The lowest BCUT2D eigenvalue weighted by Gasteiger charge is -2.37. The van der Waals surface area contributed by atoms with Crippen molar-refractivity contribution in [1.29, 1.82) is 0 Å². The molecule has 1 rings (SSSR count). The average molecular weight is 239 g/mol. The Hall–Kier alpha value is -0.870. The molecule has 1 aromatic rings. The van der Waals surface area contributed by atoms with Crippen molar-refractivity contribution in [3.8, 4) is 0 Å². The third-order valence-electron chi connectivity index (χ3n) is 3.35. The number of aryl methyl sites for hydroxylation is 1. The van der Waals surface area contributed by atoms with Gasteiger partial charge >= 0.3 is 0 Å². The third kappa shape index (κ3) is 3.07. The largest absolute Gasteiger partial charge is 0.374 e. The normalized spacial score (nSPS) is 16.8. The first-order chi connectivity index (χ1) is 8.09. The highest BCUT2D eigenvalue weighted by molar-refractivity contribution is 5.12. The van der Waals surface area contributed by atoms with Crippen LogP contribution in [0.3, 0.4) is 0 Å². The van der Waals surface area contributed by atoms with Crippen LogP contribution in [0.25, 0.3) is 0 Å².